The summed E-state index contributed by atoms with van der Waals surface area (Å²) in [5.74, 6) is 0.270. The first-order valence-electron chi connectivity index (χ1n) is 4.78. The Morgan fingerprint density at radius 1 is 1.23 bits per heavy atom. The van der Waals surface area contributed by atoms with Crippen molar-refractivity contribution in [1.29, 1.82) is 0 Å². The zero-order valence-electron chi connectivity index (χ0n) is 10.1. The molecule has 0 aliphatic rings. The van der Waals surface area contributed by atoms with Crippen LogP contribution in [0.3, 0.4) is 0 Å². The van der Waals surface area contributed by atoms with Crippen molar-refractivity contribution in [2.45, 2.75) is 44.9 Å². The topological polar surface area (TPSA) is 20.3 Å². The van der Waals surface area contributed by atoms with Crippen LogP contribution < -0.4 is 0 Å². The smallest absolute Gasteiger partial charge is 0.219 e. The predicted octanol–water partition coefficient (Wildman–Crippen LogP) is 2.58. The van der Waals surface area contributed by atoms with Crippen LogP contribution in [0.2, 0.25) is 24.2 Å². The Balaban J connectivity index is 4.44. The highest BCUT2D eigenvalue weighted by Crippen LogP contribution is 2.38. The minimum Gasteiger partial charge on any atom is -0.349 e. The number of rotatable bonds is 2. The molecule has 2 nitrogen and oxygen atoms in total. The molecule has 0 N–H and O–H groups in total. The molecule has 0 aromatic rings. The Kier molecular flexibility index (Phi) is 3.73. The molecule has 0 saturated heterocycles. The minimum atomic E-state index is -1.42. The van der Waals surface area contributed by atoms with Gasteiger partial charge in [-0.25, -0.2) is 0 Å². The van der Waals surface area contributed by atoms with Gasteiger partial charge >= 0.3 is 0 Å². The van der Waals surface area contributed by atoms with E-state index in [9.17, 15) is 4.79 Å². The fourth-order valence-corrected chi connectivity index (χ4v) is 2.40. The van der Waals surface area contributed by atoms with E-state index in [0.29, 0.717) is 5.04 Å². The van der Waals surface area contributed by atoms with Crippen molar-refractivity contribution in [2.24, 2.45) is 0 Å². The summed E-state index contributed by atoms with van der Waals surface area (Å²) < 4.78 is 0. The first-order chi connectivity index (χ1) is 5.58. The second kappa shape index (κ2) is 3.82. The molecular formula is C10H23NOSi. The van der Waals surface area contributed by atoms with Crippen molar-refractivity contribution in [1.82, 2.24) is 4.90 Å². The molecule has 13 heavy (non-hydrogen) atoms. The lowest BCUT2D eigenvalue weighted by atomic mass is 10.2. The second-order valence-corrected chi connectivity index (χ2v) is 11.2. The largest absolute Gasteiger partial charge is 0.349 e. The monoisotopic (exact) mass is 201 g/mol. The first-order valence-corrected chi connectivity index (χ1v) is 7.99. The molecule has 0 aromatic heterocycles. The van der Waals surface area contributed by atoms with E-state index in [0.717, 1.165) is 6.04 Å². The Labute approximate surface area is 83.3 Å². The summed E-state index contributed by atoms with van der Waals surface area (Å²) in [5, 5.41) is 0.304. The van der Waals surface area contributed by atoms with E-state index in [1.807, 2.05) is 14.1 Å². The number of carbonyl (C=O) groups excluding carboxylic acids is 1. The van der Waals surface area contributed by atoms with Gasteiger partial charge in [-0.15, -0.1) is 0 Å². The molecule has 78 valence electrons. The van der Waals surface area contributed by atoms with Gasteiger partial charge in [-0.2, -0.15) is 0 Å². The van der Waals surface area contributed by atoms with Gasteiger partial charge in [0.1, 0.15) is 0 Å². The van der Waals surface area contributed by atoms with Crippen molar-refractivity contribution >= 4 is 14.0 Å². The van der Waals surface area contributed by atoms with Gasteiger partial charge in [0, 0.05) is 20.1 Å². The van der Waals surface area contributed by atoms with Crippen LogP contribution in [0.25, 0.3) is 0 Å². The summed E-state index contributed by atoms with van der Waals surface area (Å²) in [4.78, 5) is 13.3. The van der Waals surface area contributed by atoms with Crippen molar-refractivity contribution in [2.75, 3.05) is 14.1 Å². The van der Waals surface area contributed by atoms with E-state index in [-0.39, 0.29) is 5.91 Å². The van der Waals surface area contributed by atoms with Crippen LogP contribution in [-0.4, -0.2) is 33.0 Å². The van der Waals surface area contributed by atoms with Gasteiger partial charge in [0.2, 0.25) is 5.91 Å². The van der Waals surface area contributed by atoms with Crippen molar-refractivity contribution in [3.63, 3.8) is 0 Å². The summed E-state index contributed by atoms with van der Waals surface area (Å²) >= 11 is 0. The van der Waals surface area contributed by atoms with Gasteiger partial charge in [0.15, 0.2) is 0 Å². The Hall–Kier alpha value is -0.313. The lowest BCUT2D eigenvalue weighted by Crippen LogP contribution is -2.41. The van der Waals surface area contributed by atoms with Gasteiger partial charge < -0.3 is 4.90 Å². The zero-order valence-corrected chi connectivity index (χ0v) is 11.1. The highest BCUT2D eigenvalue weighted by atomic mass is 28.3. The van der Waals surface area contributed by atoms with Crippen LogP contribution in [0.1, 0.15) is 20.8 Å². The maximum absolute atomic E-state index is 11.6. The molecule has 0 radical (unpaired) electrons. The molecule has 0 heterocycles. The molecule has 0 aliphatic carbocycles. The molecule has 0 atom stereocenters. The molecular weight excluding hydrogens is 178 g/mol. The highest BCUT2D eigenvalue weighted by Gasteiger charge is 2.37. The third kappa shape index (κ3) is 3.51. The van der Waals surface area contributed by atoms with Crippen LogP contribution >= 0.6 is 0 Å². The van der Waals surface area contributed by atoms with E-state index in [2.05, 4.69) is 33.9 Å². The van der Waals surface area contributed by atoms with Crippen LogP contribution in [0, 0.1) is 0 Å². The summed E-state index contributed by atoms with van der Waals surface area (Å²) in [5.41, 5.74) is 0. The SMILES string of the molecule is CN(C)C(=O)C[Si](C)(C)C(C)(C)C. The van der Waals surface area contributed by atoms with Crippen LogP contribution in [0.5, 0.6) is 0 Å². The van der Waals surface area contributed by atoms with Gasteiger partial charge in [-0.05, 0) is 5.04 Å². The van der Waals surface area contributed by atoms with Crippen LogP contribution in [-0.2, 0) is 4.79 Å². The zero-order chi connectivity index (χ0) is 10.9. The van der Waals surface area contributed by atoms with E-state index in [4.69, 9.17) is 0 Å². The lowest BCUT2D eigenvalue weighted by molar-refractivity contribution is -0.126. The van der Waals surface area contributed by atoms with E-state index in [1.54, 1.807) is 4.90 Å². The quantitative estimate of drug-likeness (QED) is 0.629. The second-order valence-electron chi connectivity index (χ2n) is 5.60. The Morgan fingerprint density at radius 3 is 1.85 bits per heavy atom. The van der Waals surface area contributed by atoms with Crippen molar-refractivity contribution in [3.05, 3.63) is 0 Å². The summed E-state index contributed by atoms with van der Waals surface area (Å²) in [7, 11) is 2.24. The van der Waals surface area contributed by atoms with E-state index >= 15 is 0 Å². The van der Waals surface area contributed by atoms with Gasteiger partial charge in [-0.1, -0.05) is 33.9 Å². The molecule has 0 rings (SSSR count). The van der Waals surface area contributed by atoms with E-state index in [1.165, 1.54) is 0 Å². The number of nitrogens with zero attached hydrogens (tertiary/aromatic N) is 1. The fourth-order valence-electron chi connectivity index (χ4n) is 0.801. The summed E-state index contributed by atoms with van der Waals surface area (Å²) in [6, 6.07) is 0.753. The molecule has 0 aliphatic heterocycles. The van der Waals surface area contributed by atoms with E-state index < -0.39 is 8.07 Å². The molecule has 0 unspecified atom stereocenters. The third-order valence-electron chi connectivity index (χ3n) is 3.12. The molecule has 0 saturated carbocycles. The summed E-state index contributed by atoms with van der Waals surface area (Å²) in [6.07, 6.45) is 0. The maximum Gasteiger partial charge on any atom is 0.219 e. The minimum absolute atomic E-state index is 0.270. The van der Waals surface area contributed by atoms with Crippen LogP contribution in [0.4, 0.5) is 0 Å². The lowest BCUT2D eigenvalue weighted by Gasteiger charge is -2.37. The Morgan fingerprint density at radius 2 is 1.62 bits per heavy atom. The maximum atomic E-state index is 11.6. The number of amides is 1. The fraction of sp³-hybridized carbons (Fsp3) is 0.900. The standard InChI is InChI=1S/C10H23NOSi/c1-10(2,3)13(6,7)8-9(12)11(4)5/h8H2,1-7H3. The summed E-state index contributed by atoms with van der Waals surface area (Å²) in [6.45, 7) is 11.3. The first kappa shape index (κ1) is 12.7. The molecule has 3 heteroatoms. The molecule has 0 aromatic carbocycles. The van der Waals surface area contributed by atoms with Crippen molar-refractivity contribution < 1.29 is 4.79 Å². The van der Waals surface area contributed by atoms with Gasteiger partial charge in [0.25, 0.3) is 0 Å². The van der Waals surface area contributed by atoms with Gasteiger partial charge in [0.05, 0.1) is 8.07 Å². The highest BCUT2D eigenvalue weighted by molar-refractivity contribution is 6.82. The average Bonchev–Trinajstić information content (AvgIpc) is 1.83. The number of carbonyl (C=O) groups is 1. The van der Waals surface area contributed by atoms with Crippen molar-refractivity contribution in [3.8, 4) is 0 Å². The Bertz CT molecular complexity index is 192. The molecule has 0 fully saturated rings. The molecule has 1 amide bonds. The predicted molar refractivity (Wildman–Crippen MR) is 60.7 cm³/mol. The third-order valence-corrected chi connectivity index (χ3v) is 8.37. The normalized spacial score (nSPS) is 12.8. The average molecular weight is 201 g/mol. The molecule has 0 spiro atoms. The number of hydrogen-bond donors (Lipinski definition) is 0. The van der Waals surface area contributed by atoms with Gasteiger partial charge in [-0.3, -0.25) is 4.79 Å². The molecule has 0 bridgehead atoms. The number of hydrogen-bond acceptors (Lipinski definition) is 1. The van der Waals surface area contributed by atoms with Crippen LogP contribution in [0.15, 0.2) is 0 Å².